The number of hydrogen-bond donors (Lipinski definition) is 0. The zero-order valence-corrected chi connectivity index (χ0v) is 14.5. The first-order valence-corrected chi connectivity index (χ1v) is 8.39. The number of rotatable bonds is 4. The highest BCUT2D eigenvalue weighted by molar-refractivity contribution is 9.10. The van der Waals surface area contributed by atoms with Crippen molar-refractivity contribution in [3.63, 3.8) is 0 Å². The molecule has 0 saturated heterocycles. The third-order valence-electron chi connectivity index (χ3n) is 3.56. The van der Waals surface area contributed by atoms with Crippen molar-refractivity contribution in [1.29, 1.82) is 0 Å². The molecule has 2 aromatic rings. The highest BCUT2D eigenvalue weighted by atomic mass is 79.9. The molecule has 0 aliphatic heterocycles. The molecule has 0 amide bonds. The van der Waals surface area contributed by atoms with E-state index in [0.29, 0.717) is 5.92 Å². The van der Waals surface area contributed by atoms with Crippen LogP contribution in [0.25, 0.3) is 0 Å². The Morgan fingerprint density at radius 2 is 1.79 bits per heavy atom. The third-order valence-corrected chi connectivity index (χ3v) is 4.83. The van der Waals surface area contributed by atoms with Crippen molar-refractivity contribution < 1.29 is 0 Å². The van der Waals surface area contributed by atoms with Gasteiger partial charge < -0.3 is 0 Å². The van der Waals surface area contributed by atoms with Crippen molar-refractivity contribution >= 4 is 31.9 Å². The average molecular weight is 382 g/mol. The molecule has 19 heavy (non-hydrogen) atoms. The van der Waals surface area contributed by atoms with E-state index in [1.54, 1.807) is 0 Å². The van der Waals surface area contributed by atoms with E-state index in [4.69, 9.17) is 0 Å². The largest absolute Gasteiger partial charge is 0.0921 e. The van der Waals surface area contributed by atoms with Gasteiger partial charge in [-0.3, -0.25) is 0 Å². The van der Waals surface area contributed by atoms with Gasteiger partial charge >= 0.3 is 0 Å². The fraction of sp³-hybridized carbons (Fsp3) is 0.294. The standard InChI is InChI=1S/C17H18Br2/c1-12-6-7-14(8-13(12)2)9-16(11-18)15-4-3-5-17(19)10-15/h3-8,10,16H,9,11H2,1-2H3. The van der Waals surface area contributed by atoms with Gasteiger partial charge in [0.2, 0.25) is 0 Å². The molecule has 100 valence electrons. The highest BCUT2D eigenvalue weighted by Gasteiger charge is 2.11. The monoisotopic (exact) mass is 380 g/mol. The van der Waals surface area contributed by atoms with E-state index in [-0.39, 0.29) is 0 Å². The summed E-state index contributed by atoms with van der Waals surface area (Å²) in [5, 5.41) is 0.983. The quantitative estimate of drug-likeness (QED) is 0.588. The normalized spacial score (nSPS) is 12.4. The second-order valence-corrected chi connectivity index (χ2v) is 6.59. The number of benzene rings is 2. The van der Waals surface area contributed by atoms with Gasteiger partial charge in [-0.1, -0.05) is 62.2 Å². The van der Waals surface area contributed by atoms with Gasteiger partial charge in [-0.05, 0) is 60.6 Å². The zero-order chi connectivity index (χ0) is 13.8. The maximum absolute atomic E-state index is 3.65. The molecule has 0 fully saturated rings. The van der Waals surface area contributed by atoms with Crippen LogP contribution in [0, 0.1) is 13.8 Å². The van der Waals surface area contributed by atoms with Crippen LogP contribution in [0.5, 0.6) is 0 Å². The molecule has 2 aromatic carbocycles. The minimum Gasteiger partial charge on any atom is -0.0921 e. The van der Waals surface area contributed by atoms with Gasteiger partial charge in [0.05, 0.1) is 0 Å². The molecule has 0 aliphatic carbocycles. The van der Waals surface area contributed by atoms with Crippen LogP contribution in [0.4, 0.5) is 0 Å². The lowest BCUT2D eigenvalue weighted by Gasteiger charge is -2.16. The predicted octanol–water partition coefficient (Wildman–Crippen LogP) is 5.79. The molecule has 0 aromatic heterocycles. The van der Waals surface area contributed by atoms with Gasteiger partial charge in [-0.25, -0.2) is 0 Å². The van der Waals surface area contributed by atoms with E-state index in [1.807, 2.05) is 0 Å². The van der Waals surface area contributed by atoms with Gasteiger partial charge in [-0.15, -0.1) is 0 Å². The van der Waals surface area contributed by atoms with E-state index in [1.165, 1.54) is 22.3 Å². The minimum atomic E-state index is 0.514. The summed E-state index contributed by atoms with van der Waals surface area (Å²) in [5.74, 6) is 0.514. The Morgan fingerprint density at radius 3 is 2.42 bits per heavy atom. The van der Waals surface area contributed by atoms with E-state index < -0.39 is 0 Å². The first-order valence-electron chi connectivity index (χ1n) is 6.47. The Labute approximate surface area is 132 Å². The molecule has 2 heteroatoms. The summed E-state index contributed by atoms with van der Waals surface area (Å²) in [6.07, 6.45) is 1.07. The number of aryl methyl sites for hydroxylation is 2. The summed E-state index contributed by atoms with van der Waals surface area (Å²) >= 11 is 7.20. The molecule has 0 heterocycles. The molecule has 0 bridgehead atoms. The lowest BCUT2D eigenvalue weighted by Crippen LogP contribution is -2.05. The van der Waals surface area contributed by atoms with Crippen LogP contribution in [0.1, 0.15) is 28.2 Å². The Balaban J connectivity index is 2.21. The Hall–Kier alpha value is -0.600. The van der Waals surface area contributed by atoms with Gasteiger partial charge in [-0.2, -0.15) is 0 Å². The van der Waals surface area contributed by atoms with Crippen molar-refractivity contribution in [3.05, 3.63) is 69.2 Å². The third kappa shape index (κ3) is 3.93. The summed E-state index contributed by atoms with van der Waals surface area (Å²) < 4.78 is 1.15. The average Bonchev–Trinajstić information content (AvgIpc) is 2.40. The Kier molecular flexibility index (Phi) is 5.23. The van der Waals surface area contributed by atoms with E-state index in [2.05, 4.69) is 88.2 Å². The Morgan fingerprint density at radius 1 is 1.00 bits per heavy atom. The lowest BCUT2D eigenvalue weighted by molar-refractivity contribution is 0.774. The fourth-order valence-electron chi connectivity index (χ4n) is 2.24. The maximum Gasteiger partial charge on any atom is 0.0178 e. The number of alkyl halides is 1. The smallest absolute Gasteiger partial charge is 0.0178 e. The molecule has 1 atom stereocenters. The van der Waals surface area contributed by atoms with Crippen molar-refractivity contribution in [2.75, 3.05) is 5.33 Å². The predicted molar refractivity (Wildman–Crippen MR) is 90.3 cm³/mol. The van der Waals surface area contributed by atoms with Crippen LogP contribution < -0.4 is 0 Å². The molecule has 0 saturated carbocycles. The van der Waals surface area contributed by atoms with Gasteiger partial charge in [0, 0.05) is 9.80 Å². The maximum atomic E-state index is 3.65. The van der Waals surface area contributed by atoms with Crippen LogP contribution in [0.3, 0.4) is 0 Å². The van der Waals surface area contributed by atoms with E-state index in [0.717, 1.165) is 16.2 Å². The molecule has 1 unspecified atom stereocenters. The molecular formula is C17H18Br2. The Bertz CT molecular complexity index is 561. The van der Waals surface area contributed by atoms with Crippen LogP contribution in [-0.2, 0) is 6.42 Å². The first kappa shape index (κ1) is 14.8. The summed E-state index contributed by atoms with van der Waals surface area (Å²) in [7, 11) is 0. The summed E-state index contributed by atoms with van der Waals surface area (Å²) in [5.41, 5.74) is 5.53. The summed E-state index contributed by atoms with van der Waals surface area (Å²) in [6.45, 7) is 4.34. The molecule has 0 aliphatic rings. The minimum absolute atomic E-state index is 0.514. The molecule has 0 radical (unpaired) electrons. The topological polar surface area (TPSA) is 0 Å². The molecule has 2 rings (SSSR count). The van der Waals surface area contributed by atoms with Crippen molar-refractivity contribution in [2.24, 2.45) is 0 Å². The second-order valence-electron chi connectivity index (χ2n) is 5.03. The first-order chi connectivity index (χ1) is 9.10. The number of halogens is 2. The highest BCUT2D eigenvalue weighted by Crippen LogP contribution is 2.26. The van der Waals surface area contributed by atoms with E-state index in [9.17, 15) is 0 Å². The second kappa shape index (κ2) is 6.71. The van der Waals surface area contributed by atoms with E-state index >= 15 is 0 Å². The van der Waals surface area contributed by atoms with Crippen molar-refractivity contribution in [1.82, 2.24) is 0 Å². The van der Waals surface area contributed by atoms with Crippen LogP contribution in [0.2, 0.25) is 0 Å². The lowest BCUT2D eigenvalue weighted by atomic mass is 9.92. The SMILES string of the molecule is Cc1ccc(CC(CBr)c2cccc(Br)c2)cc1C. The fourth-order valence-corrected chi connectivity index (χ4v) is 3.26. The number of hydrogen-bond acceptors (Lipinski definition) is 0. The molecule has 0 nitrogen and oxygen atoms in total. The van der Waals surface area contributed by atoms with Crippen LogP contribution in [-0.4, -0.2) is 5.33 Å². The van der Waals surface area contributed by atoms with Gasteiger partial charge in [0.1, 0.15) is 0 Å². The zero-order valence-electron chi connectivity index (χ0n) is 11.3. The van der Waals surface area contributed by atoms with Crippen LogP contribution >= 0.6 is 31.9 Å². The summed E-state index contributed by atoms with van der Waals surface area (Å²) in [6, 6.07) is 15.4. The van der Waals surface area contributed by atoms with Crippen molar-refractivity contribution in [2.45, 2.75) is 26.2 Å². The van der Waals surface area contributed by atoms with Crippen LogP contribution in [0.15, 0.2) is 46.9 Å². The van der Waals surface area contributed by atoms with Gasteiger partial charge in [0.25, 0.3) is 0 Å². The van der Waals surface area contributed by atoms with Gasteiger partial charge in [0.15, 0.2) is 0 Å². The summed E-state index contributed by atoms with van der Waals surface area (Å²) in [4.78, 5) is 0. The van der Waals surface area contributed by atoms with Crippen molar-refractivity contribution in [3.8, 4) is 0 Å². The molecule has 0 spiro atoms. The molecule has 0 N–H and O–H groups in total. The molecular weight excluding hydrogens is 364 g/mol.